The number of hydrogen-bond donors (Lipinski definition) is 1. The van der Waals surface area contributed by atoms with Crippen molar-refractivity contribution in [1.29, 1.82) is 0 Å². The van der Waals surface area contributed by atoms with Gasteiger partial charge in [0.05, 0.1) is 17.6 Å². The lowest BCUT2D eigenvalue weighted by Crippen LogP contribution is -2.37. The minimum Gasteiger partial charge on any atom is -0.468 e. The fourth-order valence-corrected chi connectivity index (χ4v) is 3.55. The third-order valence-corrected chi connectivity index (χ3v) is 4.89. The molecule has 0 spiro atoms. The smallest absolute Gasteiger partial charge is 0.321 e. The van der Waals surface area contributed by atoms with Crippen LogP contribution in [0, 0.1) is 5.82 Å². The molecule has 0 aliphatic heterocycles. The quantitative estimate of drug-likeness (QED) is 0.607. The second-order valence-corrected chi connectivity index (χ2v) is 6.33. The molecule has 0 radical (unpaired) electrons. The van der Waals surface area contributed by atoms with Crippen LogP contribution in [0.5, 0.6) is 0 Å². The fourth-order valence-electron chi connectivity index (χ4n) is 1.67. The second kappa shape index (κ2) is 6.92. The highest BCUT2D eigenvalue weighted by Crippen LogP contribution is 2.22. The zero-order valence-corrected chi connectivity index (χ0v) is 13.1. The first-order valence-corrected chi connectivity index (χ1v) is 7.75. The van der Waals surface area contributed by atoms with E-state index in [9.17, 15) is 17.6 Å². The summed E-state index contributed by atoms with van der Waals surface area (Å²) < 4.78 is 44.1. The third-order valence-electron chi connectivity index (χ3n) is 2.73. The summed E-state index contributed by atoms with van der Waals surface area (Å²) in [5.41, 5.74) is 5.03. The topological polar surface area (TPSA) is 89.7 Å². The number of rotatable bonds is 6. The molecule has 9 heteroatoms. The SMILES string of the molecule is CCN(CC(=O)OC)S(=O)(=O)c1cccc(F)c1C(N)=S. The van der Waals surface area contributed by atoms with Crippen LogP contribution in [0.4, 0.5) is 4.39 Å². The Morgan fingerprint density at radius 2 is 2.10 bits per heavy atom. The monoisotopic (exact) mass is 334 g/mol. The first-order valence-electron chi connectivity index (χ1n) is 5.91. The number of carbonyl (C=O) groups is 1. The number of hydrogen-bond acceptors (Lipinski definition) is 5. The zero-order valence-electron chi connectivity index (χ0n) is 11.5. The lowest BCUT2D eigenvalue weighted by Gasteiger charge is -2.20. The molecule has 0 saturated heterocycles. The number of likely N-dealkylation sites (N-methyl/N-ethyl adjacent to an activating group) is 1. The van der Waals surface area contributed by atoms with Crippen LogP contribution in [-0.4, -0.2) is 43.9 Å². The van der Waals surface area contributed by atoms with Crippen LogP contribution in [0.1, 0.15) is 12.5 Å². The summed E-state index contributed by atoms with van der Waals surface area (Å²) in [5.74, 6) is -1.56. The van der Waals surface area contributed by atoms with Gasteiger partial charge in [-0.25, -0.2) is 12.8 Å². The van der Waals surface area contributed by atoms with Crippen molar-refractivity contribution in [3.63, 3.8) is 0 Å². The van der Waals surface area contributed by atoms with Gasteiger partial charge in [-0.3, -0.25) is 4.79 Å². The van der Waals surface area contributed by atoms with Crippen molar-refractivity contribution in [3.8, 4) is 0 Å². The molecule has 0 saturated carbocycles. The van der Waals surface area contributed by atoms with Crippen LogP contribution in [0.25, 0.3) is 0 Å². The number of benzene rings is 1. The number of carbonyl (C=O) groups excluding carboxylic acids is 1. The number of ether oxygens (including phenoxy) is 1. The van der Waals surface area contributed by atoms with E-state index in [1.54, 1.807) is 6.92 Å². The van der Waals surface area contributed by atoms with Crippen LogP contribution in [-0.2, 0) is 19.6 Å². The normalized spacial score (nSPS) is 11.4. The molecule has 2 N–H and O–H groups in total. The summed E-state index contributed by atoms with van der Waals surface area (Å²) in [4.78, 5) is 10.5. The number of thiocarbonyl (C=S) groups is 1. The highest BCUT2D eigenvalue weighted by molar-refractivity contribution is 7.89. The minimum absolute atomic E-state index is 0.00468. The molecular formula is C12H15FN2O4S2. The highest BCUT2D eigenvalue weighted by Gasteiger charge is 2.29. The molecular weight excluding hydrogens is 319 g/mol. The molecule has 0 aromatic heterocycles. The van der Waals surface area contributed by atoms with Gasteiger partial charge in [0.1, 0.15) is 17.4 Å². The summed E-state index contributed by atoms with van der Waals surface area (Å²) in [7, 11) is -2.99. The standard InChI is InChI=1S/C12H15FN2O4S2/c1-3-15(7-10(16)19-2)21(17,18)9-6-4-5-8(13)11(9)12(14)20/h4-6H,3,7H2,1-2H3,(H2,14,20). The molecule has 0 amide bonds. The summed E-state index contributed by atoms with van der Waals surface area (Å²) in [6, 6.07) is 3.48. The van der Waals surface area contributed by atoms with E-state index in [0.717, 1.165) is 17.5 Å². The number of methoxy groups -OCH3 is 1. The van der Waals surface area contributed by atoms with Crippen LogP contribution in [0.2, 0.25) is 0 Å². The Bertz CT molecular complexity index is 661. The van der Waals surface area contributed by atoms with Gasteiger partial charge in [-0.05, 0) is 12.1 Å². The average Bonchev–Trinajstić information content (AvgIpc) is 2.43. The number of nitrogens with zero attached hydrogens (tertiary/aromatic N) is 1. The van der Waals surface area contributed by atoms with Gasteiger partial charge in [0, 0.05) is 6.54 Å². The van der Waals surface area contributed by atoms with Gasteiger partial charge < -0.3 is 10.5 Å². The Labute approximate surface area is 127 Å². The van der Waals surface area contributed by atoms with E-state index in [2.05, 4.69) is 4.74 Å². The lowest BCUT2D eigenvalue weighted by molar-refractivity contribution is -0.140. The van der Waals surface area contributed by atoms with E-state index in [1.807, 2.05) is 0 Å². The second-order valence-electron chi connectivity index (χ2n) is 3.98. The molecule has 0 heterocycles. The van der Waals surface area contributed by atoms with Crippen molar-refractivity contribution >= 4 is 33.2 Å². The molecule has 0 aliphatic rings. The van der Waals surface area contributed by atoms with E-state index < -0.39 is 28.4 Å². The molecule has 21 heavy (non-hydrogen) atoms. The molecule has 116 valence electrons. The highest BCUT2D eigenvalue weighted by atomic mass is 32.2. The molecule has 0 aliphatic carbocycles. The van der Waals surface area contributed by atoms with Crippen molar-refractivity contribution in [3.05, 3.63) is 29.6 Å². The number of esters is 1. The van der Waals surface area contributed by atoms with E-state index in [4.69, 9.17) is 18.0 Å². The van der Waals surface area contributed by atoms with Crippen molar-refractivity contribution in [2.75, 3.05) is 20.2 Å². The molecule has 0 fully saturated rings. The first-order chi connectivity index (χ1) is 9.75. The number of sulfonamides is 1. The Morgan fingerprint density at radius 3 is 2.57 bits per heavy atom. The summed E-state index contributed by atoms with van der Waals surface area (Å²) in [6.45, 7) is 1.06. The van der Waals surface area contributed by atoms with E-state index in [0.29, 0.717) is 0 Å². The van der Waals surface area contributed by atoms with Gasteiger partial charge in [0.15, 0.2) is 0 Å². The summed E-state index contributed by atoms with van der Waals surface area (Å²) >= 11 is 4.70. The maximum Gasteiger partial charge on any atom is 0.321 e. The number of halogens is 1. The van der Waals surface area contributed by atoms with Crippen molar-refractivity contribution in [2.45, 2.75) is 11.8 Å². The summed E-state index contributed by atoms with van der Waals surface area (Å²) in [5, 5.41) is 0. The minimum atomic E-state index is -4.13. The molecule has 6 nitrogen and oxygen atoms in total. The zero-order chi connectivity index (χ0) is 16.2. The Balaban J connectivity index is 3.39. The van der Waals surface area contributed by atoms with Gasteiger partial charge in [0.2, 0.25) is 10.0 Å². The number of nitrogens with two attached hydrogens (primary N) is 1. The van der Waals surface area contributed by atoms with Crippen molar-refractivity contribution in [2.24, 2.45) is 5.73 Å². The maximum atomic E-state index is 13.8. The fraction of sp³-hybridized carbons (Fsp3) is 0.333. The van der Waals surface area contributed by atoms with Crippen molar-refractivity contribution < 1.29 is 22.3 Å². The first kappa shape index (κ1) is 17.5. The third kappa shape index (κ3) is 3.74. The predicted octanol–water partition coefficient (Wildman–Crippen LogP) is 0.644. The van der Waals surface area contributed by atoms with E-state index in [-0.39, 0.29) is 22.0 Å². The Morgan fingerprint density at radius 1 is 1.48 bits per heavy atom. The van der Waals surface area contributed by atoms with Crippen LogP contribution >= 0.6 is 12.2 Å². The molecule has 0 bridgehead atoms. The van der Waals surface area contributed by atoms with Gasteiger partial charge >= 0.3 is 5.97 Å². The largest absolute Gasteiger partial charge is 0.468 e. The Hall–Kier alpha value is -1.58. The summed E-state index contributed by atoms with van der Waals surface area (Å²) in [6.07, 6.45) is 0. The molecule has 0 atom stereocenters. The lowest BCUT2D eigenvalue weighted by atomic mass is 10.2. The van der Waals surface area contributed by atoms with Crippen molar-refractivity contribution in [1.82, 2.24) is 4.31 Å². The maximum absolute atomic E-state index is 13.8. The van der Waals surface area contributed by atoms with Crippen LogP contribution in [0.15, 0.2) is 23.1 Å². The molecule has 1 aromatic carbocycles. The van der Waals surface area contributed by atoms with Crippen LogP contribution < -0.4 is 5.73 Å². The van der Waals surface area contributed by atoms with Gasteiger partial charge in [-0.2, -0.15) is 4.31 Å². The van der Waals surface area contributed by atoms with Crippen LogP contribution in [0.3, 0.4) is 0 Å². The predicted molar refractivity (Wildman–Crippen MR) is 78.7 cm³/mol. The Kier molecular flexibility index (Phi) is 5.76. The van der Waals surface area contributed by atoms with E-state index >= 15 is 0 Å². The molecule has 1 aromatic rings. The van der Waals surface area contributed by atoms with Gasteiger partial charge in [-0.15, -0.1) is 0 Å². The molecule has 0 unspecified atom stereocenters. The average molecular weight is 334 g/mol. The van der Waals surface area contributed by atoms with Gasteiger partial charge in [0.25, 0.3) is 0 Å². The van der Waals surface area contributed by atoms with Gasteiger partial charge in [-0.1, -0.05) is 25.2 Å². The molecule has 1 rings (SSSR count). The van der Waals surface area contributed by atoms with E-state index in [1.165, 1.54) is 12.1 Å².